The van der Waals surface area contributed by atoms with E-state index in [2.05, 4.69) is 31.0 Å². The van der Waals surface area contributed by atoms with Crippen molar-refractivity contribution in [2.75, 3.05) is 13.2 Å². The minimum Gasteiger partial charge on any atom is -0.380 e. The van der Waals surface area contributed by atoms with Gasteiger partial charge < -0.3 is 9.30 Å². The van der Waals surface area contributed by atoms with E-state index in [1.807, 2.05) is 4.57 Å². The van der Waals surface area contributed by atoms with Crippen LogP contribution in [0.5, 0.6) is 0 Å². The summed E-state index contributed by atoms with van der Waals surface area (Å²) in [6.45, 7) is 8.87. The molecule has 0 bridgehead atoms. The number of H-pyrrole nitrogens is 1. The van der Waals surface area contributed by atoms with Gasteiger partial charge in [0.15, 0.2) is 4.77 Å². The maximum absolute atomic E-state index is 5.60. The van der Waals surface area contributed by atoms with E-state index in [4.69, 9.17) is 17.0 Å². The van der Waals surface area contributed by atoms with Crippen molar-refractivity contribution in [3.8, 4) is 0 Å². The van der Waals surface area contributed by atoms with Crippen LogP contribution in [0.1, 0.15) is 39.4 Å². The first kappa shape index (κ1) is 14.4. The monoisotopic (exact) mass is 257 g/mol. The summed E-state index contributed by atoms with van der Waals surface area (Å²) in [6, 6.07) is 0. The Bertz CT molecular complexity index is 370. The second kappa shape index (κ2) is 7.61. The molecule has 1 aromatic rings. The topological polar surface area (TPSA) is 42.8 Å². The maximum atomic E-state index is 5.60. The second-order valence-corrected chi connectivity index (χ2v) is 5.03. The first-order valence-electron chi connectivity index (χ1n) is 6.37. The fourth-order valence-corrected chi connectivity index (χ4v) is 1.81. The highest BCUT2D eigenvalue weighted by atomic mass is 32.1. The molecule has 0 aliphatic carbocycles. The molecule has 0 aliphatic heterocycles. The van der Waals surface area contributed by atoms with E-state index in [-0.39, 0.29) is 0 Å². The van der Waals surface area contributed by atoms with Crippen LogP contribution in [-0.2, 0) is 17.7 Å². The van der Waals surface area contributed by atoms with Crippen molar-refractivity contribution < 1.29 is 4.74 Å². The minimum absolute atomic E-state index is 0.695. The summed E-state index contributed by atoms with van der Waals surface area (Å²) < 4.78 is 8.33. The lowest BCUT2D eigenvalue weighted by molar-refractivity contribution is 0.115. The Balaban J connectivity index is 2.35. The van der Waals surface area contributed by atoms with Crippen molar-refractivity contribution in [3.05, 3.63) is 10.6 Å². The molecule has 1 aromatic heterocycles. The molecule has 1 N–H and O–H groups in total. The SMILES string of the molecule is CCCc1n[nH]c(=S)n1CCOCCC(C)C. The third-order valence-electron chi connectivity index (χ3n) is 2.61. The number of aromatic amines is 1. The molecule has 4 nitrogen and oxygen atoms in total. The van der Waals surface area contributed by atoms with Gasteiger partial charge in [0.05, 0.1) is 6.61 Å². The number of hydrogen-bond acceptors (Lipinski definition) is 3. The van der Waals surface area contributed by atoms with Gasteiger partial charge in [0.25, 0.3) is 0 Å². The predicted molar refractivity (Wildman–Crippen MR) is 71.7 cm³/mol. The maximum Gasteiger partial charge on any atom is 0.195 e. The molecule has 17 heavy (non-hydrogen) atoms. The minimum atomic E-state index is 0.695. The van der Waals surface area contributed by atoms with E-state index in [1.165, 1.54) is 0 Å². The zero-order chi connectivity index (χ0) is 12.7. The molecule has 0 atom stereocenters. The summed E-state index contributed by atoms with van der Waals surface area (Å²) in [4.78, 5) is 0. The lowest BCUT2D eigenvalue weighted by Gasteiger charge is -2.08. The van der Waals surface area contributed by atoms with Crippen molar-refractivity contribution in [1.29, 1.82) is 0 Å². The van der Waals surface area contributed by atoms with E-state index < -0.39 is 0 Å². The first-order valence-corrected chi connectivity index (χ1v) is 6.77. The smallest absolute Gasteiger partial charge is 0.195 e. The zero-order valence-corrected chi connectivity index (χ0v) is 11.8. The van der Waals surface area contributed by atoms with Crippen LogP contribution >= 0.6 is 12.2 Å². The molecule has 1 rings (SSSR count). The van der Waals surface area contributed by atoms with Gasteiger partial charge in [-0.3, -0.25) is 5.10 Å². The highest BCUT2D eigenvalue weighted by molar-refractivity contribution is 7.71. The van der Waals surface area contributed by atoms with Gasteiger partial charge in [0.2, 0.25) is 0 Å². The Morgan fingerprint density at radius 3 is 2.82 bits per heavy atom. The number of aromatic nitrogens is 3. The molecule has 0 radical (unpaired) electrons. The quantitative estimate of drug-likeness (QED) is 0.575. The molecule has 0 aliphatic rings. The van der Waals surface area contributed by atoms with Crippen LogP contribution in [0.4, 0.5) is 0 Å². The Morgan fingerprint density at radius 1 is 1.41 bits per heavy atom. The van der Waals surface area contributed by atoms with Crippen LogP contribution in [0.15, 0.2) is 0 Å². The first-order chi connectivity index (χ1) is 8.15. The van der Waals surface area contributed by atoms with E-state index in [0.717, 1.165) is 38.2 Å². The third-order valence-corrected chi connectivity index (χ3v) is 2.92. The van der Waals surface area contributed by atoms with Crippen molar-refractivity contribution in [2.45, 2.75) is 46.6 Å². The van der Waals surface area contributed by atoms with Crippen LogP contribution in [0.25, 0.3) is 0 Å². The van der Waals surface area contributed by atoms with Gasteiger partial charge in [-0.05, 0) is 31.0 Å². The average molecular weight is 257 g/mol. The zero-order valence-electron chi connectivity index (χ0n) is 11.0. The van der Waals surface area contributed by atoms with Crippen molar-refractivity contribution in [1.82, 2.24) is 14.8 Å². The van der Waals surface area contributed by atoms with Gasteiger partial charge in [-0.15, -0.1) is 0 Å². The summed E-state index contributed by atoms with van der Waals surface area (Å²) in [5.41, 5.74) is 0. The Hall–Kier alpha value is -0.680. The molecule has 0 spiro atoms. The fourth-order valence-electron chi connectivity index (χ4n) is 1.57. The predicted octanol–water partition coefficient (Wildman–Crippen LogP) is 2.96. The normalized spacial score (nSPS) is 11.3. The molecule has 5 heteroatoms. The van der Waals surface area contributed by atoms with Crippen LogP contribution in [0.3, 0.4) is 0 Å². The number of aryl methyl sites for hydroxylation is 1. The van der Waals surface area contributed by atoms with Crippen molar-refractivity contribution in [2.24, 2.45) is 5.92 Å². The fraction of sp³-hybridized carbons (Fsp3) is 0.833. The molecule has 1 heterocycles. The molecule has 0 amide bonds. The van der Waals surface area contributed by atoms with Crippen LogP contribution < -0.4 is 0 Å². The Kier molecular flexibility index (Phi) is 6.44. The molecule has 0 saturated heterocycles. The second-order valence-electron chi connectivity index (χ2n) is 4.64. The molecule has 0 unspecified atom stereocenters. The van der Waals surface area contributed by atoms with Crippen molar-refractivity contribution >= 4 is 12.2 Å². The molecule has 0 fully saturated rings. The molecule has 98 valence electrons. The van der Waals surface area contributed by atoms with Gasteiger partial charge in [0.1, 0.15) is 5.82 Å². The van der Waals surface area contributed by atoms with Gasteiger partial charge in [-0.2, -0.15) is 5.10 Å². The summed E-state index contributed by atoms with van der Waals surface area (Å²) >= 11 is 5.20. The Labute approximate surface area is 108 Å². The number of ether oxygens (including phenoxy) is 1. The number of nitrogens with zero attached hydrogens (tertiary/aromatic N) is 2. The van der Waals surface area contributed by atoms with E-state index >= 15 is 0 Å². The highest BCUT2D eigenvalue weighted by Crippen LogP contribution is 2.03. The van der Waals surface area contributed by atoms with Crippen molar-refractivity contribution in [3.63, 3.8) is 0 Å². The van der Waals surface area contributed by atoms with Gasteiger partial charge in [-0.1, -0.05) is 20.8 Å². The average Bonchev–Trinajstić information content (AvgIpc) is 2.61. The van der Waals surface area contributed by atoms with E-state index in [9.17, 15) is 0 Å². The van der Waals surface area contributed by atoms with E-state index in [1.54, 1.807) is 0 Å². The Morgan fingerprint density at radius 2 is 2.18 bits per heavy atom. The van der Waals surface area contributed by atoms with Crippen LogP contribution in [0.2, 0.25) is 0 Å². The largest absolute Gasteiger partial charge is 0.380 e. The van der Waals surface area contributed by atoms with Gasteiger partial charge >= 0.3 is 0 Å². The lowest BCUT2D eigenvalue weighted by atomic mass is 10.1. The van der Waals surface area contributed by atoms with E-state index in [0.29, 0.717) is 17.3 Å². The lowest BCUT2D eigenvalue weighted by Crippen LogP contribution is -2.11. The third kappa shape index (κ3) is 5.00. The highest BCUT2D eigenvalue weighted by Gasteiger charge is 2.04. The summed E-state index contributed by atoms with van der Waals surface area (Å²) in [7, 11) is 0. The summed E-state index contributed by atoms with van der Waals surface area (Å²) in [5.74, 6) is 1.73. The number of nitrogens with one attached hydrogen (secondary N) is 1. The standard InChI is InChI=1S/C12H23N3OS/c1-4-5-11-13-14-12(17)15(11)7-9-16-8-6-10(2)3/h10H,4-9H2,1-3H3,(H,14,17). The van der Waals surface area contributed by atoms with Crippen LogP contribution in [0, 0.1) is 10.7 Å². The molecule has 0 aromatic carbocycles. The molecular weight excluding hydrogens is 234 g/mol. The van der Waals surface area contributed by atoms with Crippen LogP contribution in [-0.4, -0.2) is 28.0 Å². The number of hydrogen-bond donors (Lipinski definition) is 1. The molecule has 0 saturated carbocycles. The van der Waals surface area contributed by atoms with Gasteiger partial charge in [-0.25, -0.2) is 0 Å². The summed E-state index contributed by atoms with van der Waals surface area (Å²) in [5, 5.41) is 7.06. The molecular formula is C12H23N3OS. The van der Waals surface area contributed by atoms with Gasteiger partial charge in [0, 0.05) is 19.6 Å². The number of rotatable bonds is 8. The summed E-state index contributed by atoms with van der Waals surface area (Å²) in [6.07, 6.45) is 3.14.